The van der Waals surface area contributed by atoms with Crippen LogP contribution in [0.4, 0.5) is 0 Å². The van der Waals surface area contributed by atoms with Gasteiger partial charge in [0.2, 0.25) is 0 Å². The number of unbranched alkanes of at least 4 members (excludes halogenated alkanes) is 2. The van der Waals surface area contributed by atoms with Crippen molar-refractivity contribution >= 4 is 34.0 Å². The number of aliphatic hydroxyl groups excluding tert-OH is 3. The van der Waals surface area contributed by atoms with Crippen molar-refractivity contribution in [2.24, 2.45) is 85.2 Å². The van der Waals surface area contributed by atoms with Gasteiger partial charge >= 0.3 is 5.97 Å². The Morgan fingerprint density at radius 2 is 1.65 bits per heavy atom. The normalized spacial score (nSPS) is 40.6. The molecule has 22 rings (SSSR count). The van der Waals surface area contributed by atoms with Crippen LogP contribution in [-0.4, -0.2) is 51.7 Å². The first-order chi connectivity index (χ1) is 46.2. The minimum absolute atomic E-state index is 0.0605. The Kier molecular flexibility index (Phi) is 14.5. The number of carboxylic acids is 1. The van der Waals surface area contributed by atoms with E-state index in [9.17, 15) is 20.4 Å². The summed E-state index contributed by atoms with van der Waals surface area (Å²) in [6.07, 6.45) is 46.4. The zero-order valence-corrected chi connectivity index (χ0v) is 57.0. The number of allylic oxidation sites excluding steroid dienone is 10. The van der Waals surface area contributed by atoms with Crippen molar-refractivity contribution in [2.75, 3.05) is 13.1 Å². The van der Waals surface area contributed by atoms with Gasteiger partial charge in [-0.25, -0.2) is 0 Å². The lowest BCUT2D eigenvalue weighted by Crippen LogP contribution is -2.71. The summed E-state index contributed by atoms with van der Waals surface area (Å²) in [6, 6.07) is 30.7. The van der Waals surface area contributed by atoms with E-state index in [0.717, 1.165) is 102 Å². The molecule has 0 radical (unpaired) electrons. The molecule has 6 heterocycles. The average Bonchev–Trinajstić information content (AvgIpc) is 1.61. The molecule has 95 heavy (non-hydrogen) atoms. The van der Waals surface area contributed by atoms with E-state index in [4.69, 9.17) is 0 Å². The van der Waals surface area contributed by atoms with Gasteiger partial charge in [0.1, 0.15) is 0 Å². The summed E-state index contributed by atoms with van der Waals surface area (Å²) in [5.41, 5.74) is 12.4. The van der Waals surface area contributed by atoms with Gasteiger partial charge in [-0.15, -0.1) is 0 Å². The molecule has 18 aliphatic rings. The highest BCUT2D eigenvalue weighted by Crippen LogP contribution is 2.87. The molecule has 12 aliphatic carbocycles. The first kappa shape index (κ1) is 61.2. The van der Waals surface area contributed by atoms with Gasteiger partial charge in [-0.05, 0) is 264 Å². The highest BCUT2D eigenvalue weighted by atomic mass is 16.4. The van der Waals surface area contributed by atoms with Crippen molar-refractivity contribution < 1.29 is 25.2 Å². The second kappa shape index (κ2) is 22.4. The monoisotopic (exact) mass is 1270 g/mol. The molecule has 3 spiro atoms. The van der Waals surface area contributed by atoms with Gasteiger partial charge < -0.3 is 31.1 Å². The van der Waals surface area contributed by atoms with E-state index in [2.05, 4.69) is 159 Å². The van der Waals surface area contributed by atoms with E-state index in [1.165, 1.54) is 131 Å². The lowest BCUT2D eigenvalue weighted by Gasteiger charge is -2.76. The molecule has 7 heteroatoms. The van der Waals surface area contributed by atoms with Gasteiger partial charge in [-0.3, -0.25) is 4.79 Å². The molecule has 5 fully saturated rings. The van der Waals surface area contributed by atoms with Crippen molar-refractivity contribution in [3.63, 3.8) is 0 Å². The van der Waals surface area contributed by atoms with Crippen molar-refractivity contribution in [1.29, 1.82) is 0 Å². The number of carbonyl (C=O) groups is 1. The molecule has 0 unspecified atom stereocenters. The molecular weight excluding hydrogens is 1160 g/mol. The maximum Gasteiger partial charge on any atom is 0.307 e. The molecular formula is C88H104N2O5. The topological polar surface area (TPSA) is 122 Å². The van der Waals surface area contributed by atoms with Crippen LogP contribution in [0.15, 0.2) is 156 Å². The van der Waals surface area contributed by atoms with Gasteiger partial charge in [0.15, 0.2) is 0 Å². The first-order valence-corrected chi connectivity index (χ1v) is 38.3. The Morgan fingerprint density at radius 3 is 2.48 bits per heavy atom. The molecule has 7 nitrogen and oxygen atoms in total. The fourth-order valence-electron chi connectivity index (χ4n) is 27.2. The number of dihydropyridines is 1. The molecule has 6 N–H and O–H groups in total. The summed E-state index contributed by atoms with van der Waals surface area (Å²) in [6.45, 7) is 8.90. The van der Waals surface area contributed by atoms with Crippen molar-refractivity contribution in [3.8, 4) is 0 Å². The van der Waals surface area contributed by atoms with E-state index in [1.807, 2.05) is 0 Å². The van der Waals surface area contributed by atoms with Crippen LogP contribution in [0.1, 0.15) is 202 Å². The van der Waals surface area contributed by atoms with Gasteiger partial charge in [0, 0.05) is 46.1 Å². The van der Waals surface area contributed by atoms with E-state index in [-0.39, 0.29) is 51.8 Å². The number of rotatable bonds is 8. The number of aliphatic hydroxyl groups is 3. The summed E-state index contributed by atoms with van der Waals surface area (Å²) >= 11 is 0. The molecule has 17 atom stereocenters. The van der Waals surface area contributed by atoms with Gasteiger partial charge in [0.05, 0.1) is 30.2 Å². The van der Waals surface area contributed by atoms with Crippen LogP contribution in [-0.2, 0) is 24.1 Å². The predicted molar refractivity (Wildman–Crippen MR) is 382 cm³/mol. The number of hydrogen-bond acceptors (Lipinski definition) is 6. The zero-order chi connectivity index (χ0) is 64.4. The second-order valence-electron chi connectivity index (χ2n) is 34.3. The zero-order valence-electron chi connectivity index (χ0n) is 57.0. The minimum atomic E-state index is -1.06. The number of aliphatic carboxylic acids is 1. The Balaban J connectivity index is 0.861. The van der Waals surface area contributed by atoms with Crippen LogP contribution in [0.25, 0.3) is 28.0 Å². The van der Waals surface area contributed by atoms with Gasteiger partial charge in [0.25, 0.3) is 0 Å². The second-order valence-corrected chi connectivity index (χ2v) is 34.3. The smallest absolute Gasteiger partial charge is 0.307 e. The molecule has 14 bridgehead atoms. The van der Waals surface area contributed by atoms with Crippen LogP contribution in [0.2, 0.25) is 0 Å². The molecule has 496 valence electrons. The minimum Gasteiger partial charge on any atom is -0.516 e. The fourth-order valence-corrected chi connectivity index (χ4v) is 27.2. The summed E-state index contributed by atoms with van der Waals surface area (Å²) in [5.74, 6) is 1.30. The number of benzene rings is 4. The maximum atomic E-state index is 15.3. The fraction of sp³-hybridized carbons (Fsp3) is 0.557. The van der Waals surface area contributed by atoms with Gasteiger partial charge in [-0.2, -0.15) is 0 Å². The van der Waals surface area contributed by atoms with Crippen LogP contribution >= 0.6 is 0 Å². The van der Waals surface area contributed by atoms with Crippen LogP contribution in [0, 0.1) is 85.2 Å². The lowest BCUT2D eigenvalue weighted by atomic mass is 9.27. The number of hydrogen-bond donors (Lipinski definition) is 6. The largest absolute Gasteiger partial charge is 0.516 e. The van der Waals surface area contributed by atoms with Crippen LogP contribution < -0.4 is 21.1 Å². The molecule has 6 aliphatic heterocycles. The molecule has 0 saturated heterocycles. The predicted octanol–water partition coefficient (Wildman–Crippen LogP) is 16.9. The molecule has 0 amide bonds. The summed E-state index contributed by atoms with van der Waals surface area (Å²) in [5, 5.41) is 64.8. The Morgan fingerprint density at radius 1 is 0.800 bits per heavy atom. The Bertz CT molecular complexity index is 4210. The average molecular weight is 1270 g/mol. The van der Waals surface area contributed by atoms with E-state index in [0.29, 0.717) is 37.5 Å². The third-order valence-electron chi connectivity index (χ3n) is 30.8. The molecule has 4 aromatic carbocycles. The highest BCUT2D eigenvalue weighted by Gasteiger charge is 2.82. The summed E-state index contributed by atoms with van der Waals surface area (Å²) < 4.78 is 0. The van der Waals surface area contributed by atoms with Crippen molar-refractivity contribution in [1.82, 2.24) is 10.6 Å². The summed E-state index contributed by atoms with van der Waals surface area (Å²) in [7, 11) is 0. The SMILES string of the molecule is CCCCCc1ccccc1C[C@H]1CC[C@@]2(CC[C@@H]3[C@H]2C=C[C@]24[C@H](O)C[C@]35C3=C(CC[C@]25C)[C@]25[C@@H]6C=c7ccc8cccc9c8c7[C@H]2C(=C[C@]2(C=CC[C@](C)([C@@H](O)C6)[C@H]25)C3)C=9Cc2cccc(c2)C2=CC=C(NCCC[C@@H](C3CCCCC3)/C(=C/O)CC[C@H]4C(=O)O)NC2)C1. The standard InChI is InChI=1S/C88H104N2O5/c1-4-5-7-17-56-18-10-11-21-59(56)44-55-32-39-84(48-55)40-34-70-69(84)35-41-86-72(80(94)95)30-28-63(53-91)65(57-19-8-6-9-20-57)25-14-42-89-76-31-29-62(52-90-76)60-23-12-16-54(43-60)45-67-66-24-13-22-58-26-27-61-46-64-47-74(92)82(2)36-15-37-85-49-68(67)79(78(61)77(58)66)88(64,81(82)85)71-33-38-83(86,3)87(70,51-75(86)93)73(71)50-85/h10-13,15-16,18,21-24,26-27,29,31,35,37,41,43,46,49,53,55,57,64-65,69-70,72,74-75,79,81,89-93H,4-9,14,17,19-20,25,28,30,32-34,36,38-40,42,44-45,47-48,50-52H2,1-3H3,(H,94,95)/b63-53+/t55-,64-,65+,69-,70-,72+,74+,75-,79-,81-,82-,83-,84-,85-,86+,87-,88-/m1/s1. The molecule has 0 aromatic heterocycles. The van der Waals surface area contributed by atoms with E-state index >= 15 is 4.79 Å². The summed E-state index contributed by atoms with van der Waals surface area (Å²) in [4.78, 5) is 15.3. The third kappa shape index (κ3) is 8.45. The molecule has 4 aromatic rings. The number of fused-ring (bicyclic) bond motifs is 2. The third-order valence-corrected chi connectivity index (χ3v) is 30.8. The highest BCUT2D eigenvalue weighted by molar-refractivity contribution is 5.96. The first-order valence-electron chi connectivity index (χ1n) is 38.3. The van der Waals surface area contributed by atoms with Crippen molar-refractivity contribution in [3.05, 3.63) is 194 Å². The molecule has 5 saturated carbocycles. The Labute approximate surface area is 564 Å². The Hall–Kier alpha value is -6.15. The van der Waals surface area contributed by atoms with E-state index < -0.39 is 45.8 Å². The van der Waals surface area contributed by atoms with Crippen LogP contribution in [0.3, 0.4) is 0 Å². The van der Waals surface area contributed by atoms with Gasteiger partial charge in [-0.1, -0.05) is 185 Å². The van der Waals surface area contributed by atoms with Crippen LogP contribution in [0.5, 0.6) is 0 Å². The maximum absolute atomic E-state index is 15.3. The quantitative estimate of drug-likeness (QED) is 0.0590. The number of carboxylic acid groups (broad SMARTS) is 1. The number of nitrogens with one attached hydrogen (secondary N) is 2. The van der Waals surface area contributed by atoms with Crippen molar-refractivity contribution in [2.45, 2.75) is 206 Å². The van der Waals surface area contributed by atoms with E-state index in [1.54, 1.807) is 16.7 Å². The number of aryl methyl sites for hydroxylation is 1. The lowest BCUT2D eigenvalue weighted by molar-refractivity contribution is -0.179.